The number of methoxy groups -OCH3 is 1. The quantitative estimate of drug-likeness (QED) is 0.492. The Kier molecular flexibility index (Phi) is 5.63. The van der Waals surface area contributed by atoms with Gasteiger partial charge in [-0.05, 0) is 12.1 Å². The Hall–Kier alpha value is -3.42. The van der Waals surface area contributed by atoms with Crippen LogP contribution in [-0.4, -0.2) is 52.1 Å². The van der Waals surface area contributed by atoms with Crippen molar-refractivity contribution in [3.63, 3.8) is 0 Å². The molecule has 158 valence electrons. The van der Waals surface area contributed by atoms with Gasteiger partial charge in [0, 0.05) is 72.1 Å². The van der Waals surface area contributed by atoms with Gasteiger partial charge < -0.3 is 19.7 Å². The average Bonchev–Trinajstić information content (AvgIpc) is 3.23. The number of H-pyrrole nitrogens is 1. The number of carbonyl (C=O) groups excluding carboxylic acids is 1. The van der Waals surface area contributed by atoms with E-state index >= 15 is 0 Å². The highest BCUT2D eigenvalue weighted by atomic mass is 35.5. The van der Waals surface area contributed by atoms with Crippen molar-refractivity contribution in [2.24, 2.45) is 0 Å². The van der Waals surface area contributed by atoms with Crippen LogP contribution in [0.2, 0.25) is 5.02 Å². The van der Waals surface area contributed by atoms with Crippen molar-refractivity contribution in [1.29, 1.82) is 0 Å². The fraction of sp³-hybridized carbons (Fsp3) is 0.174. The van der Waals surface area contributed by atoms with E-state index in [0.717, 1.165) is 22.3 Å². The molecule has 0 saturated heterocycles. The molecule has 0 aliphatic carbocycles. The third-order valence-electron chi connectivity index (χ3n) is 5.10. The van der Waals surface area contributed by atoms with Gasteiger partial charge in [-0.3, -0.25) is 9.78 Å². The largest absolute Gasteiger partial charge is 0.496 e. The Balaban J connectivity index is 1.85. The molecule has 0 radical (unpaired) electrons. The summed E-state index contributed by atoms with van der Waals surface area (Å²) in [5, 5.41) is 11.6. The number of aliphatic hydroxyl groups excluding tert-OH is 1. The maximum absolute atomic E-state index is 12.2. The number of aromatic amines is 1. The van der Waals surface area contributed by atoms with E-state index in [2.05, 4.69) is 15.0 Å². The van der Waals surface area contributed by atoms with Crippen molar-refractivity contribution in [1.82, 2.24) is 19.9 Å². The zero-order chi connectivity index (χ0) is 22.1. The summed E-state index contributed by atoms with van der Waals surface area (Å²) in [5.41, 5.74) is 4.06. The van der Waals surface area contributed by atoms with E-state index < -0.39 is 12.0 Å². The summed E-state index contributed by atoms with van der Waals surface area (Å²) in [6, 6.07) is 9.37. The van der Waals surface area contributed by atoms with Gasteiger partial charge in [0.25, 0.3) is 5.91 Å². The molecule has 0 bridgehead atoms. The van der Waals surface area contributed by atoms with Crippen molar-refractivity contribution in [3.8, 4) is 28.0 Å². The molecule has 1 aromatic carbocycles. The van der Waals surface area contributed by atoms with Gasteiger partial charge in [-0.1, -0.05) is 29.8 Å². The molecule has 7 nitrogen and oxygen atoms in total. The molecule has 3 heterocycles. The van der Waals surface area contributed by atoms with Crippen LogP contribution in [0.4, 0.5) is 0 Å². The summed E-state index contributed by atoms with van der Waals surface area (Å²) in [5.74, 6) is 0.293. The number of benzene rings is 1. The van der Waals surface area contributed by atoms with E-state index in [4.69, 9.17) is 16.3 Å². The number of hydrogen-bond donors (Lipinski definition) is 2. The number of rotatable bonds is 5. The molecular weight excluding hydrogens is 416 g/mol. The monoisotopic (exact) mass is 436 g/mol. The minimum atomic E-state index is -1.31. The molecule has 8 heteroatoms. The van der Waals surface area contributed by atoms with E-state index in [0.29, 0.717) is 27.4 Å². The van der Waals surface area contributed by atoms with Crippen LogP contribution in [-0.2, 0) is 4.79 Å². The number of fused-ring (bicyclic) bond motifs is 1. The summed E-state index contributed by atoms with van der Waals surface area (Å²) in [6.07, 6.45) is 5.27. The zero-order valence-electron chi connectivity index (χ0n) is 17.3. The van der Waals surface area contributed by atoms with Crippen LogP contribution in [0.3, 0.4) is 0 Å². The van der Waals surface area contributed by atoms with Crippen molar-refractivity contribution in [2.75, 3.05) is 21.2 Å². The van der Waals surface area contributed by atoms with Crippen LogP contribution < -0.4 is 4.74 Å². The SMILES string of the molecule is COc1ccccc1-c1c[nH]c2ncc(-c3cncc(C(O)C(=O)N(C)C)c3)c(Cl)c12. The molecule has 2 N–H and O–H groups in total. The third kappa shape index (κ3) is 3.73. The molecule has 4 aromatic rings. The van der Waals surface area contributed by atoms with Gasteiger partial charge in [-0.2, -0.15) is 0 Å². The molecule has 0 aliphatic heterocycles. The molecule has 3 aromatic heterocycles. The summed E-state index contributed by atoms with van der Waals surface area (Å²) in [7, 11) is 4.79. The highest BCUT2D eigenvalue weighted by Crippen LogP contribution is 2.41. The van der Waals surface area contributed by atoms with Crippen LogP contribution in [0.15, 0.2) is 55.1 Å². The highest BCUT2D eigenvalue weighted by Gasteiger charge is 2.22. The number of aliphatic hydroxyl groups is 1. The normalized spacial score (nSPS) is 12.0. The van der Waals surface area contributed by atoms with Crippen LogP contribution in [0.25, 0.3) is 33.3 Å². The summed E-state index contributed by atoms with van der Waals surface area (Å²) in [4.78, 5) is 25.3. The van der Waals surface area contributed by atoms with Crippen molar-refractivity contribution < 1.29 is 14.6 Å². The second kappa shape index (κ2) is 8.37. The lowest BCUT2D eigenvalue weighted by Crippen LogP contribution is -2.28. The van der Waals surface area contributed by atoms with Gasteiger partial charge in [0.05, 0.1) is 12.1 Å². The van der Waals surface area contributed by atoms with Crippen molar-refractivity contribution in [2.45, 2.75) is 6.10 Å². The van der Waals surface area contributed by atoms with Gasteiger partial charge in [-0.15, -0.1) is 0 Å². The minimum absolute atomic E-state index is 0.381. The number of nitrogens with one attached hydrogen (secondary N) is 1. The van der Waals surface area contributed by atoms with E-state index in [1.54, 1.807) is 39.7 Å². The van der Waals surface area contributed by atoms with Crippen LogP contribution in [0.1, 0.15) is 11.7 Å². The molecule has 1 atom stereocenters. The number of carbonyl (C=O) groups is 1. The predicted octanol–water partition coefficient (Wildman–Crippen LogP) is 4.08. The van der Waals surface area contributed by atoms with Crippen LogP contribution in [0.5, 0.6) is 5.75 Å². The molecule has 0 aliphatic rings. The number of halogens is 1. The molecule has 1 unspecified atom stereocenters. The zero-order valence-corrected chi connectivity index (χ0v) is 18.0. The molecule has 0 spiro atoms. The van der Waals surface area contributed by atoms with Crippen molar-refractivity contribution in [3.05, 3.63) is 65.7 Å². The molecular formula is C23H21ClN4O3. The van der Waals surface area contributed by atoms with E-state index in [1.807, 2.05) is 30.5 Å². The second-order valence-electron chi connectivity index (χ2n) is 7.25. The first kappa shape index (κ1) is 20.8. The highest BCUT2D eigenvalue weighted by molar-refractivity contribution is 6.39. The molecule has 31 heavy (non-hydrogen) atoms. The van der Waals surface area contributed by atoms with E-state index in [1.165, 1.54) is 11.1 Å². The Morgan fingerprint density at radius 3 is 2.68 bits per heavy atom. The second-order valence-corrected chi connectivity index (χ2v) is 7.63. The smallest absolute Gasteiger partial charge is 0.255 e. The lowest BCUT2D eigenvalue weighted by molar-refractivity contribution is -0.137. The van der Waals surface area contributed by atoms with E-state index in [9.17, 15) is 9.90 Å². The lowest BCUT2D eigenvalue weighted by atomic mass is 10.0. The van der Waals surface area contributed by atoms with Crippen molar-refractivity contribution >= 4 is 28.5 Å². The summed E-state index contributed by atoms with van der Waals surface area (Å²) < 4.78 is 5.51. The Bertz CT molecular complexity index is 1270. The summed E-state index contributed by atoms with van der Waals surface area (Å²) in [6.45, 7) is 0. The Morgan fingerprint density at radius 2 is 1.94 bits per heavy atom. The number of para-hydroxylation sites is 1. The van der Waals surface area contributed by atoms with Crippen LogP contribution in [0, 0.1) is 0 Å². The first-order chi connectivity index (χ1) is 14.9. The fourth-order valence-electron chi connectivity index (χ4n) is 3.48. The van der Waals surface area contributed by atoms with Gasteiger partial charge in [0.15, 0.2) is 6.10 Å². The molecule has 0 fully saturated rings. The van der Waals surface area contributed by atoms with Gasteiger partial charge in [0.2, 0.25) is 0 Å². The third-order valence-corrected chi connectivity index (χ3v) is 5.49. The number of nitrogens with zero attached hydrogens (tertiary/aromatic N) is 3. The number of aromatic nitrogens is 3. The minimum Gasteiger partial charge on any atom is -0.496 e. The van der Waals surface area contributed by atoms with Gasteiger partial charge >= 0.3 is 0 Å². The number of ether oxygens (including phenoxy) is 1. The number of pyridine rings is 2. The van der Waals surface area contributed by atoms with E-state index in [-0.39, 0.29) is 0 Å². The first-order valence-electron chi connectivity index (χ1n) is 9.56. The predicted molar refractivity (Wildman–Crippen MR) is 120 cm³/mol. The van der Waals surface area contributed by atoms with Crippen LogP contribution >= 0.6 is 11.6 Å². The van der Waals surface area contributed by atoms with Gasteiger partial charge in [-0.25, -0.2) is 4.98 Å². The Morgan fingerprint density at radius 1 is 1.16 bits per heavy atom. The topological polar surface area (TPSA) is 91.3 Å². The number of likely N-dealkylation sites (N-methyl/N-ethyl adjacent to an activating group) is 1. The lowest BCUT2D eigenvalue weighted by Gasteiger charge is -2.16. The average molecular weight is 437 g/mol. The first-order valence-corrected chi connectivity index (χ1v) is 9.93. The maximum Gasteiger partial charge on any atom is 0.255 e. The molecule has 0 saturated carbocycles. The standard InChI is InChI=1S/C23H21ClN4O3/c1-28(2)23(30)21(29)14-8-13(9-25-10-14)16-11-26-22-19(20(16)24)17(12-27-22)15-6-4-5-7-18(15)31-3/h4-12,21,29H,1-3H3,(H,26,27). The molecule has 1 amide bonds. The Labute approximate surface area is 184 Å². The number of hydrogen-bond acceptors (Lipinski definition) is 5. The molecule has 4 rings (SSSR count). The summed E-state index contributed by atoms with van der Waals surface area (Å²) >= 11 is 6.85. The number of amides is 1. The fourth-order valence-corrected chi connectivity index (χ4v) is 3.83. The van der Waals surface area contributed by atoms with Gasteiger partial charge in [0.1, 0.15) is 11.4 Å². The maximum atomic E-state index is 12.2.